The van der Waals surface area contributed by atoms with Crippen molar-refractivity contribution >= 4 is 27.5 Å². The average Bonchev–Trinajstić information content (AvgIpc) is 2.76. The highest BCUT2D eigenvalue weighted by Gasteiger charge is 2.24. The average molecular weight is 311 g/mol. The fourth-order valence-electron chi connectivity index (χ4n) is 2.38. The predicted molar refractivity (Wildman–Crippen MR) is 72.6 cm³/mol. The standard InChI is InChI=1S/C12H15BrN4O/c13-8-4-3-7-17-11(8)15-12(16-17)14-9-5-1-2-6-10(9)18/h3-4,7,9-10,18H,1-2,5-6H2,(H,14,16). The molecule has 6 heteroatoms. The van der Waals surface area contributed by atoms with Gasteiger partial charge in [0, 0.05) is 6.20 Å². The van der Waals surface area contributed by atoms with Crippen LogP contribution in [0.5, 0.6) is 0 Å². The Morgan fingerprint density at radius 1 is 1.39 bits per heavy atom. The SMILES string of the molecule is OC1CCCCC1Nc1nc2c(Br)cccn2n1. The fourth-order valence-corrected chi connectivity index (χ4v) is 2.80. The fraction of sp³-hybridized carbons (Fsp3) is 0.500. The third-order valence-electron chi connectivity index (χ3n) is 3.36. The van der Waals surface area contributed by atoms with Crippen molar-refractivity contribution in [1.29, 1.82) is 0 Å². The Bertz CT molecular complexity index is 556. The summed E-state index contributed by atoms with van der Waals surface area (Å²) in [5, 5.41) is 17.5. The van der Waals surface area contributed by atoms with Crippen molar-refractivity contribution in [3.05, 3.63) is 22.8 Å². The number of aliphatic hydroxyl groups is 1. The Hall–Kier alpha value is -1.14. The molecule has 96 valence electrons. The van der Waals surface area contributed by atoms with Crippen LogP contribution < -0.4 is 5.32 Å². The van der Waals surface area contributed by atoms with Crippen LogP contribution in [-0.2, 0) is 0 Å². The molecule has 0 amide bonds. The summed E-state index contributed by atoms with van der Waals surface area (Å²) in [4.78, 5) is 4.42. The molecule has 5 nitrogen and oxygen atoms in total. The molecule has 0 spiro atoms. The van der Waals surface area contributed by atoms with Crippen molar-refractivity contribution in [2.45, 2.75) is 37.8 Å². The maximum absolute atomic E-state index is 9.93. The van der Waals surface area contributed by atoms with Crippen LogP contribution in [0.4, 0.5) is 5.95 Å². The number of pyridine rings is 1. The van der Waals surface area contributed by atoms with E-state index in [1.807, 2.05) is 18.3 Å². The lowest BCUT2D eigenvalue weighted by atomic mass is 9.93. The number of aromatic nitrogens is 3. The van der Waals surface area contributed by atoms with E-state index in [0.717, 1.165) is 35.8 Å². The normalized spacial score (nSPS) is 24.3. The summed E-state index contributed by atoms with van der Waals surface area (Å²) >= 11 is 3.45. The van der Waals surface area contributed by atoms with E-state index in [0.29, 0.717) is 5.95 Å². The molecule has 0 aliphatic heterocycles. The van der Waals surface area contributed by atoms with Crippen LogP contribution in [0.25, 0.3) is 5.65 Å². The van der Waals surface area contributed by atoms with Crippen molar-refractivity contribution in [3.8, 4) is 0 Å². The van der Waals surface area contributed by atoms with Gasteiger partial charge in [-0.3, -0.25) is 0 Å². The van der Waals surface area contributed by atoms with Gasteiger partial charge in [0.15, 0.2) is 5.65 Å². The van der Waals surface area contributed by atoms with E-state index in [4.69, 9.17) is 0 Å². The van der Waals surface area contributed by atoms with Gasteiger partial charge in [-0.15, -0.1) is 5.10 Å². The third kappa shape index (κ3) is 2.22. The van der Waals surface area contributed by atoms with Crippen LogP contribution in [0.2, 0.25) is 0 Å². The Kier molecular flexibility index (Phi) is 3.22. The molecule has 0 radical (unpaired) electrons. The van der Waals surface area contributed by atoms with Gasteiger partial charge < -0.3 is 10.4 Å². The van der Waals surface area contributed by atoms with Crippen LogP contribution >= 0.6 is 15.9 Å². The van der Waals surface area contributed by atoms with E-state index in [2.05, 4.69) is 31.3 Å². The quantitative estimate of drug-likeness (QED) is 0.892. The van der Waals surface area contributed by atoms with Crippen LogP contribution in [0.15, 0.2) is 22.8 Å². The van der Waals surface area contributed by atoms with Gasteiger partial charge in [0.2, 0.25) is 5.95 Å². The summed E-state index contributed by atoms with van der Waals surface area (Å²) in [7, 11) is 0. The molecule has 1 aliphatic carbocycles. The number of halogens is 1. The number of aliphatic hydroxyl groups excluding tert-OH is 1. The molecule has 0 aromatic carbocycles. The summed E-state index contributed by atoms with van der Waals surface area (Å²) in [6.07, 6.45) is 5.63. The molecular formula is C12H15BrN4O. The zero-order valence-electron chi connectivity index (χ0n) is 9.88. The summed E-state index contributed by atoms with van der Waals surface area (Å²) in [6, 6.07) is 3.91. The monoisotopic (exact) mass is 310 g/mol. The minimum absolute atomic E-state index is 0.0648. The first-order valence-corrected chi connectivity index (χ1v) is 6.99. The molecular weight excluding hydrogens is 296 g/mol. The first kappa shape index (κ1) is 11.9. The van der Waals surface area contributed by atoms with Crippen molar-refractivity contribution in [3.63, 3.8) is 0 Å². The second kappa shape index (κ2) is 4.85. The van der Waals surface area contributed by atoms with Crippen LogP contribution in [0.3, 0.4) is 0 Å². The topological polar surface area (TPSA) is 62.5 Å². The molecule has 2 unspecified atom stereocenters. The van der Waals surface area contributed by atoms with Gasteiger partial charge in [-0.05, 0) is 40.9 Å². The highest BCUT2D eigenvalue weighted by molar-refractivity contribution is 9.10. The third-order valence-corrected chi connectivity index (χ3v) is 3.98. The smallest absolute Gasteiger partial charge is 0.243 e. The molecule has 2 N–H and O–H groups in total. The number of hydrogen-bond donors (Lipinski definition) is 2. The van der Waals surface area contributed by atoms with E-state index in [1.165, 1.54) is 0 Å². The minimum atomic E-state index is -0.297. The minimum Gasteiger partial charge on any atom is -0.391 e. The molecule has 0 saturated heterocycles. The molecule has 1 fully saturated rings. The van der Waals surface area contributed by atoms with Gasteiger partial charge in [-0.2, -0.15) is 4.98 Å². The first-order valence-electron chi connectivity index (χ1n) is 6.19. The van der Waals surface area contributed by atoms with Gasteiger partial charge in [-0.1, -0.05) is 12.8 Å². The van der Waals surface area contributed by atoms with Crippen LogP contribution in [0.1, 0.15) is 25.7 Å². The van der Waals surface area contributed by atoms with E-state index in [9.17, 15) is 5.11 Å². The van der Waals surface area contributed by atoms with Crippen molar-refractivity contribution in [2.24, 2.45) is 0 Å². The first-order chi connectivity index (χ1) is 8.74. The van der Waals surface area contributed by atoms with Gasteiger partial charge >= 0.3 is 0 Å². The zero-order chi connectivity index (χ0) is 12.5. The molecule has 2 heterocycles. The molecule has 2 atom stereocenters. The lowest BCUT2D eigenvalue weighted by molar-refractivity contribution is 0.116. The number of anilines is 1. The number of nitrogens with one attached hydrogen (secondary N) is 1. The van der Waals surface area contributed by atoms with Crippen molar-refractivity contribution in [1.82, 2.24) is 14.6 Å². The molecule has 1 aliphatic rings. The molecule has 18 heavy (non-hydrogen) atoms. The Morgan fingerprint density at radius 2 is 2.22 bits per heavy atom. The Labute approximate surface area is 113 Å². The van der Waals surface area contributed by atoms with E-state index in [-0.39, 0.29) is 12.1 Å². The zero-order valence-corrected chi connectivity index (χ0v) is 11.5. The predicted octanol–water partition coefficient (Wildman–Crippen LogP) is 2.21. The summed E-state index contributed by atoms with van der Waals surface area (Å²) in [6.45, 7) is 0. The van der Waals surface area contributed by atoms with Gasteiger partial charge in [0.25, 0.3) is 0 Å². The molecule has 2 aromatic heterocycles. The number of hydrogen-bond acceptors (Lipinski definition) is 4. The number of fused-ring (bicyclic) bond motifs is 1. The van der Waals surface area contributed by atoms with Gasteiger partial charge in [0.05, 0.1) is 16.6 Å². The van der Waals surface area contributed by atoms with Gasteiger partial charge in [0.1, 0.15) is 0 Å². The summed E-state index contributed by atoms with van der Waals surface area (Å²) < 4.78 is 2.64. The maximum atomic E-state index is 9.93. The van der Waals surface area contributed by atoms with E-state index < -0.39 is 0 Å². The summed E-state index contributed by atoms with van der Waals surface area (Å²) in [5.41, 5.74) is 0.783. The number of nitrogens with zero attached hydrogens (tertiary/aromatic N) is 3. The van der Waals surface area contributed by atoms with Crippen molar-refractivity contribution < 1.29 is 5.11 Å². The van der Waals surface area contributed by atoms with Gasteiger partial charge in [-0.25, -0.2) is 4.52 Å². The molecule has 2 aromatic rings. The largest absolute Gasteiger partial charge is 0.391 e. The highest BCUT2D eigenvalue weighted by Crippen LogP contribution is 2.22. The van der Waals surface area contributed by atoms with Crippen LogP contribution in [-0.4, -0.2) is 31.9 Å². The van der Waals surface area contributed by atoms with E-state index in [1.54, 1.807) is 4.52 Å². The van der Waals surface area contributed by atoms with Crippen LogP contribution in [0, 0.1) is 0 Å². The van der Waals surface area contributed by atoms with E-state index >= 15 is 0 Å². The Balaban J connectivity index is 1.84. The molecule has 1 saturated carbocycles. The summed E-state index contributed by atoms with van der Waals surface area (Å²) in [5.74, 6) is 0.577. The van der Waals surface area contributed by atoms with Crippen molar-refractivity contribution in [2.75, 3.05) is 5.32 Å². The Morgan fingerprint density at radius 3 is 3.00 bits per heavy atom. The maximum Gasteiger partial charge on any atom is 0.243 e. The number of rotatable bonds is 2. The molecule has 3 rings (SSSR count). The second-order valence-corrected chi connectivity index (χ2v) is 5.52. The highest BCUT2D eigenvalue weighted by atomic mass is 79.9. The lowest BCUT2D eigenvalue weighted by Gasteiger charge is -2.27. The second-order valence-electron chi connectivity index (χ2n) is 4.66. The lowest BCUT2D eigenvalue weighted by Crippen LogP contribution is -2.36. The molecule has 0 bridgehead atoms.